The van der Waals surface area contributed by atoms with Crippen molar-refractivity contribution >= 4 is 33.2 Å². The quantitative estimate of drug-likeness (QED) is 0.802. The third kappa shape index (κ3) is 4.11. The molecule has 1 saturated carbocycles. The Morgan fingerprint density at radius 1 is 1.31 bits per heavy atom. The number of carbonyl (C=O) groups is 2. The molecule has 0 radical (unpaired) electrons. The Morgan fingerprint density at radius 2 is 2.10 bits per heavy atom. The first-order valence-corrected chi connectivity index (χ1v) is 11.0. The number of hydrogen-bond donors (Lipinski definition) is 2. The minimum Gasteiger partial charge on any atom is -0.348 e. The van der Waals surface area contributed by atoms with Crippen LogP contribution in [0.4, 0.5) is 0 Å². The highest BCUT2D eigenvalue weighted by Gasteiger charge is 2.36. The van der Waals surface area contributed by atoms with Gasteiger partial charge in [-0.3, -0.25) is 14.6 Å². The molecule has 2 aliphatic rings. The maximum atomic E-state index is 12.7. The van der Waals surface area contributed by atoms with E-state index in [1.807, 2.05) is 17.5 Å². The molecule has 2 amide bonds. The summed E-state index contributed by atoms with van der Waals surface area (Å²) >= 11 is 1.59. The Kier molecular flexibility index (Phi) is 5.79. The SMILES string of the molecule is N#C[C@@H]1CCCN1C(=O)[C@@H](N)[C@H]1CC[C@H](NC(=O)c2cc3sccc3cn2)CC1. The summed E-state index contributed by atoms with van der Waals surface area (Å²) in [5, 5.41) is 15.3. The smallest absolute Gasteiger partial charge is 0.270 e. The molecule has 1 aliphatic carbocycles. The molecule has 2 atom stereocenters. The van der Waals surface area contributed by atoms with Crippen LogP contribution in [0.25, 0.3) is 10.1 Å². The van der Waals surface area contributed by atoms with Crippen molar-refractivity contribution in [2.45, 2.75) is 56.7 Å². The van der Waals surface area contributed by atoms with Crippen LogP contribution in [0.5, 0.6) is 0 Å². The molecule has 0 unspecified atom stereocenters. The lowest BCUT2D eigenvalue weighted by Crippen LogP contribution is -2.50. The van der Waals surface area contributed by atoms with Crippen molar-refractivity contribution in [3.63, 3.8) is 0 Å². The van der Waals surface area contributed by atoms with E-state index < -0.39 is 6.04 Å². The molecule has 7 nitrogen and oxygen atoms in total. The Labute approximate surface area is 173 Å². The van der Waals surface area contributed by atoms with Gasteiger partial charge >= 0.3 is 0 Å². The largest absolute Gasteiger partial charge is 0.348 e. The van der Waals surface area contributed by atoms with Crippen molar-refractivity contribution in [3.05, 3.63) is 29.4 Å². The minimum absolute atomic E-state index is 0.0699. The molecular formula is C21H25N5O2S. The molecule has 1 saturated heterocycles. The number of nitrogens with one attached hydrogen (secondary N) is 1. The van der Waals surface area contributed by atoms with Crippen LogP contribution in [0.2, 0.25) is 0 Å². The first-order valence-electron chi connectivity index (χ1n) is 10.2. The number of thiophene rings is 1. The van der Waals surface area contributed by atoms with E-state index in [0.717, 1.165) is 48.6 Å². The van der Waals surface area contributed by atoms with E-state index in [4.69, 9.17) is 5.73 Å². The number of pyridine rings is 1. The summed E-state index contributed by atoms with van der Waals surface area (Å²) in [6.07, 6.45) is 6.50. The average molecular weight is 412 g/mol. The second-order valence-electron chi connectivity index (χ2n) is 7.96. The highest BCUT2D eigenvalue weighted by molar-refractivity contribution is 7.17. The zero-order valence-electron chi connectivity index (χ0n) is 16.2. The summed E-state index contributed by atoms with van der Waals surface area (Å²) in [5.41, 5.74) is 6.71. The Balaban J connectivity index is 1.30. The van der Waals surface area contributed by atoms with Gasteiger partial charge in [-0.15, -0.1) is 11.3 Å². The van der Waals surface area contributed by atoms with Crippen LogP contribution >= 0.6 is 11.3 Å². The van der Waals surface area contributed by atoms with E-state index in [1.54, 1.807) is 22.4 Å². The molecule has 1 aliphatic heterocycles. The summed E-state index contributed by atoms with van der Waals surface area (Å²) in [6.45, 7) is 0.623. The second kappa shape index (κ2) is 8.47. The summed E-state index contributed by atoms with van der Waals surface area (Å²) in [7, 11) is 0. The molecule has 8 heteroatoms. The molecule has 2 fully saturated rings. The lowest BCUT2D eigenvalue weighted by atomic mass is 9.81. The van der Waals surface area contributed by atoms with Crippen molar-refractivity contribution in [1.29, 1.82) is 5.26 Å². The average Bonchev–Trinajstić information content (AvgIpc) is 3.41. The minimum atomic E-state index is -0.566. The number of nitrogens with two attached hydrogens (primary N) is 1. The summed E-state index contributed by atoms with van der Waals surface area (Å²) < 4.78 is 1.05. The standard InChI is InChI=1S/C21H25N5O2S/c22-11-16-2-1-8-26(16)21(28)19(23)13-3-5-15(6-4-13)25-20(27)17-10-18-14(12-24-17)7-9-29-18/h7,9-10,12-13,15-16,19H,1-6,8,23H2,(H,25,27)/t13-,15-,16-,19-/m0/s1. The number of rotatable bonds is 4. The van der Waals surface area contributed by atoms with Crippen molar-refractivity contribution in [2.75, 3.05) is 6.54 Å². The first-order chi connectivity index (χ1) is 14.1. The van der Waals surface area contributed by atoms with Crippen LogP contribution in [-0.4, -0.2) is 46.4 Å². The summed E-state index contributed by atoms with van der Waals surface area (Å²) in [5.74, 6) is -0.163. The molecular weight excluding hydrogens is 386 g/mol. The molecule has 4 rings (SSSR count). The zero-order valence-corrected chi connectivity index (χ0v) is 17.0. The van der Waals surface area contributed by atoms with E-state index >= 15 is 0 Å². The van der Waals surface area contributed by atoms with E-state index in [0.29, 0.717) is 12.2 Å². The molecule has 0 bridgehead atoms. The van der Waals surface area contributed by atoms with Crippen molar-refractivity contribution < 1.29 is 9.59 Å². The number of fused-ring (bicyclic) bond motifs is 1. The van der Waals surface area contributed by atoms with Crippen LogP contribution < -0.4 is 11.1 Å². The Bertz CT molecular complexity index is 944. The van der Waals surface area contributed by atoms with E-state index in [9.17, 15) is 14.9 Å². The van der Waals surface area contributed by atoms with Crippen LogP contribution in [0.15, 0.2) is 23.7 Å². The second-order valence-corrected chi connectivity index (χ2v) is 8.91. The van der Waals surface area contributed by atoms with Gasteiger partial charge in [-0.05, 0) is 62.0 Å². The number of nitrogens with zero attached hydrogens (tertiary/aromatic N) is 3. The Hall–Kier alpha value is -2.50. The van der Waals surface area contributed by atoms with Crippen molar-refractivity contribution in [2.24, 2.45) is 11.7 Å². The van der Waals surface area contributed by atoms with Gasteiger partial charge in [0.25, 0.3) is 5.91 Å². The summed E-state index contributed by atoms with van der Waals surface area (Å²) in [6, 6.07) is 5.19. The number of amides is 2. The lowest BCUT2D eigenvalue weighted by Gasteiger charge is -2.34. The van der Waals surface area contributed by atoms with Gasteiger partial charge in [-0.2, -0.15) is 5.26 Å². The normalized spacial score (nSPS) is 25.5. The molecule has 2 aromatic heterocycles. The third-order valence-electron chi connectivity index (χ3n) is 6.16. The highest BCUT2D eigenvalue weighted by Crippen LogP contribution is 2.29. The van der Waals surface area contributed by atoms with Gasteiger partial charge < -0.3 is 16.0 Å². The third-order valence-corrected chi connectivity index (χ3v) is 7.03. The van der Waals surface area contributed by atoms with Crippen LogP contribution in [0, 0.1) is 17.2 Å². The van der Waals surface area contributed by atoms with E-state index in [2.05, 4.69) is 16.4 Å². The fraction of sp³-hybridized carbons (Fsp3) is 0.524. The van der Waals surface area contributed by atoms with E-state index in [-0.39, 0.29) is 29.8 Å². The predicted octanol–water partition coefficient (Wildman–Crippen LogP) is 2.43. The molecule has 2 aromatic rings. The molecule has 3 heterocycles. The number of likely N-dealkylation sites (tertiary alicyclic amines) is 1. The molecule has 29 heavy (non-hydrogen) atoms. The van der Waals surface area contributed by atoms with Crippen LogP contribution in [0.1, 0.15) is 49.0 Å². The van der Waals surface area contributed by atoms with Gasteiger partial charge in [-0.25, -0.2) is 0 Å². The van der Waals surface area contributed by atoms with Gasteiger partial charge in [0.05, 0.1) is 12.1 Å². The number of hydrogen-bond acceptors (Lipinski definition) is 6. The number of aromatic nitrogens is 1. The topological polar surface area (TPSA) is 112 Å². The van der Waals surface area contributed by atoms with E-state index in [1.165, 1.54) is 0 Å². The number of nitriles is 1. The number of carbonyl (C=O) groups excluding carboxylic acids is 2. The zero-order chi connectivity index (χ0) is 20.4. The predicted molar refractivity (Wildman–Crippen MR) is 111 cm³/mol. The highest BCUT2D eigenvalue weighted by atomic mass is 32.1. The maximum Gasteiger partial charge on any atom is 0.270 e. The fourth-order valence-corrected chi connectivity index (χ4v) is 5.22. The van der Waals surface area contributed by atoms with Gasteiger partial charge in [0.2, 0.25) is 5.91 Å². The van der Waals surface area contributed by atoms with Gasteiger partial charge in [0, 0.05) is 28.9 Å². The lowest BCUT2D eigenvalue weighted by molar-refractivity contribution is -0.134. The monoisotopic (exact) mass is 411 g/mol. The van der Waals surface area contributed by atoms with Crippen molar-refractivity contribution in [1.82, 2.24) is 15.2 Å². The molecule has 0 spiro atoms. The first kappa shape index (κ1) is 19.8. The maximum absolute atomic E-state index is 12.7. The summed E-state index contributed by atoms with van der Waals surface area (Å²) in [4.78, 5) is 31.2. The Morgan fingerprint density at radius 3 is 2.86 bits per heavy atom. The molecule has 0 aromatic carbocycles. The van der Waals surface area contributed by atoms with Gasteiger partial charge in [0.1, 0.15) is 11.7 Å². The molecule has 3 N–H and O–H groups in total. The van der Waals surface area contributed by atoms with Gasteiger partial charge in [-0.1, -0.05) is 0 Å². The molecule has 152 valence electrons. The van der Waals surface area contributed by atoms with Gasteiger partial charge in [0.15, 0.2) is 0 Å². The van der Waals surface area contributed by atoms with Crippen LogP contribution in [-0.2, 0) is 4.79 Å². The van der Waals surface area contributed by atoms with Crippen molar-refractivity contribution in [3.8, 4) is 6.07 Å². The fourth-order valence-electron chi connectivity index (χ4n) is 4.42. The van der Waals surface area contributed by atoms with Crippen LogP contribution in [0.3, 0.4) is 0 Å².